The number of nitrogens with zero attached hydrogens (tertiary/aromatic N) is 1. The zero-order valence-electron chi connectivity index (χ0n) is 12.2. The van der Waals surface area contributed by atoms with Crippen molar-refractivity contribution < 1.29 is 18.1 Å². The fraction of sp³-hybridized carbons (Fsp3) is 0.692. The Morgan fingerprint density at radius 2 is 2.24 bits per heavy atom. The third kappa shape index (κ3) is 4.38. The number of rotatable bonds is 4. The largest absolute Gasteiger partial charge is 0.361 e. The molecule has 1 aromatic rings. The molecule has 1 amide bonds. The molecular weight excluding hydrogens is 304 g/mol. The van der Waals surface area contributed by atoms with E-state index in [1.54, 1.807) is 0 Å². The van der Waals surface area contributed by atoms with Crippen molar-refractivity contribution in [1.82, 2.24) is 15.8 Å². The van der Waals surface area contributed by atoms with Crippen LogP contribution in [-0.4, -0.2) is 35.6 Å². The normalized spacial score (nSPS) is 21.7. The lowest BCUT2D eigenvalue weighted by Gasteiger charge is -2.17. The SMILES string of the molecule is Cc1noc(C)c1CC(C)NC(=O)C1CC(F)(F)CN1.Cl. The smallest absolute Gasteiger partial charge is 0.262 e. The summed E-state index contributed by atoms with van der Waals surface area (Å²) >= 11 is 0. The van der Waals surface area contributed by atoms with Crippen LogP contribution in [0.15, 0.2) is 4.52 Å². The summed E-state index contributed by atoms with van der Waals surface area (Å²) in [6, 6.07) is -0.993. The summed E-state index contributed by atoms with van der Waals surface area (Å²) in [7, 11) is 0. The van der Waals surface area contributed by atoms with Crippen LogP contribution in [0.5, 0.6) is 0 Å². The molecule has 0 saturated carbocycles. The third-order valence-corrected chi connectivity index (χ3v) is 3.51. The van der Waals surface area contributed by atoms with Gasteiger partial charge in [-0.3, -0.25) is 10.1 Å². The van der Waals surface area contributed by atoms with Crippen LogP contribution in [0.2, 0.25) is 0 Å². The number of carbonyl (C=O) groups excluding carboxylic acids is 1. The standard InChI is InChI=1S/C13H19F2N3O2.ClH/c1-7(4-10-8(2)18-20-9(10)3)17-12(19)11-5-13(14,15)6-16-11;/h7,11,16H,4-6H2,1-3H3,(H,17,19);1H. The van der Waals surface area contributed by atoms with E-state index in [2.05, 4.69) is 15.8 Å². The number of alkyl halides is 2. The van der Waals surface area contributed by atoms with Crippen LogP contribution in [0, 0.1) is 13.8 Å². The molecule has 2 N–H and O–H groups in total. The third-order valence-electron chi connectivity index (χ3n) is 3.51. The molecule has 0 aliphatic carbocycles. The van der Waals surface area contributed by atoms with Crippen molar-refractivity contribution >= 4 is 18.3 Å². The molecule has 8 heteroatoms. The van der Waals surface area contributed by atoms with Crippen LogP contribution in [-0.2, 0) is 11.2 Å². The monoisotopic (exact) mass is 323 g/mol. The van der Waals surface area contributed by atoms with Crippen LogP contribution >= 0.6 is 12.4 Å². The van der Waals surface area contributed by atoms with Crippen LogP contribution in [0.25, 0.3) is 0 Å². The molecule has 21 heavy (non-hydrogen) atoms. The van der Waals surface area contributed by atoms with Gasteiger partial charge in [0.25, 0.3) is 5.92 Å². The van der Waals surface area contributed by atoms with Crippen LogP contribution in [0.3, 0.4) is 0 Å². The van der Waals surface area contributed by atoms with Gasteiger partial charge in [-0.05, 0) is 27.2 Å². The van der Waals surface area contributed by atoms with Crippen LogP contribution in [0.4, 0.5) is 8.78 Å². The molecule has 2 atom stereocenters. The van der Waals surface area contributed by atoms with Crippen molar-refractivity contribution in [3.05, 3.63) is 17.0 Å². The minimum Gasteiger partial charge on any atom is -0.361 e. The van der Waals surface area contributed by atoms with Gasteiger partial charge < -0.3 is 9.84 Å². The van der Waals surface area contributed by atoms with E-state index < -0.39 is 24.9 Å². The molecule has 1 aromatic heterocycles. The van der Waals surface area contributed by atoms with Gasteiger partial charge in [0.15, 0.2) is 0 Å². The highest BCUT2D eigenvalue weighted by Gasteiger charge is 2.42. The molecule has 1 aliphatic heterocycles. The van der Waals surface area contributed by atoms with Crippen molar-refractivity contribution in [2.75, 3.05) is 6.54 Å². The maximum Gasteiger partial charge on any atom is 0.262 e. The predicted octanol–water partition coefficient (Wildman–Crippen LogP) is 1.76. The second-order valence-corrected chi connectivity index (χ2v) is 5.41. The van der Waals surface area contributed by atoms with Gasteiger partial charge >= 0.3 is 0 Å². The van der Waals surface area contributed by atoms with E-state index in [1.807, 2.05) is 20.8 Å². The highest BCUT2D eigenvalue weighted by Crippen LogP contribution is 2.25. The Morgan fingerprint density at radius 1 is 1.57 bits per heavy atom. The van der Waals surface area contributed by atoms with Crippen molar-refractivity contribution in [2.45, 2.75) is 51.6 Å². The molecule has 120 valence electrons. The summed E-state index contributed by atoms with van der Waals surface area (Å²) in [5.41, 5.74) is 1.73. The highest BCUT2D eigenvalue weighted by atomic mass is 35.5. The zero-order chi connectivity index (χ0) is 14.9. The van der Waals surface area contributed by atoms with E-state index in [0.29, 0.717) is 12.2 Å². The summed E-state index contributed by atoms with van der Waals surface area (Å²) in [4.78, 5) is 11.9. The van der Waals surface area contributed by atoms with Crippen molar-refractivity contribution in [3.8, 4) is 0 Å². The van der Waals surface area contributed by atoms with E-state index in [9.17, 15) is 13.6 Å². The van der Waals surface area contributed by atoms with Crippen LogP contribution < -0.4 is 10.6 Å². The molecule has 0 aromatic carbocycles. The van der Waals surface area contributed by atoms with Crippen molar-refractivity contribution in [2.24, 2.45) is 0 Å². The van der Waals surface area contributed by atoms with E-state index in [4.69, 9.17) is 4.52 Å². The molecule has 1 saturated heterocycles. The Labute approximate surface area is 128 Å². The first kappa shape index (κ1) is 17.8. The molecule has 1 fully saturated rings. The maximum absolute atomic E-state index is 13.0. The van der Waals surface area contributed by atoms with E-state index in [0.717, 1.165) is 11.3 Å². The fourth-order valence-electron chi connectivity index (χ4n) is 2.39. The number of hydrogen-bond donors (Lipinski definition) is 2. The zero-order valence-corrected chi connectivity index (χ0v) is 13.0. The second kappa shape index (κ2) is 6.70. The lowest BCUT2D eigenvalue weighted by molar-refractivity contribution is -0.124. The van der Waals surface area contributed by atoms with Crippen molar-refractivity contribution in [3.63, 3.8) is 0 Å². The summed E-state index contributed by atoms with van der Waals surface area (Å²) in [5.74, 6) is -2.47. The molecule has 1 aliphatic rings. The second-order valence-electron chi connectivity index (χ2n) is 5.41. The molecular formula is C13H20ClF2N3O2. The number of aryl methyl sites for hydroxylation is 2. The van der Waals surface area contributed by atoms with Gasteiger partial charge in [-0.15, -0.1) is 12.4 Å². The number of hydrogen-bond acceptors (Lipinski definition) is 4. The topological polar surface area (TPSA) is 67.2 Å². The minimum atomic E-state index is -2.80. The van der Waals surface area contributed by atoms with Gasteiger partial charge in [-0.2, -0.15) is 0 Å². The first-order valence-electron chi connectivity index (χ1n) is 6.62. The van der Waals surface area contributed by atoms with E-state index in [-0.39, 0.29) is 24.4 Å². The van der Waals surface area contributed by atoms with E-state index in [1.165, 1.54) is 0 Å². The van der Waals surface area contributed by atoms with Gasteiger partial charge in [0, 0.05) is 18.0 Å². The highest BCUT2D eigenvalue weighted by molar-refractivity contribution is 5.85. The first-order valence-corrected chi connectivity index (χ1v) is 6.62. The number of nitrogens with one attached hydrogen (secondary N) is 2. The Hall–Kier alpha value is -1.21. The Balaban J connectivity index is 0.00000220. The van der Waals surface area contributed by atoms with Crippen LogP contribution in [0.1, 0.15) is 30.4 Å². The van der Waals surface area contributed by atoms with Gasteiger partial charge in [0.05, 0.1) is 18.3 Å². The van der Waals surface area contributed by atoms with Gasteiger partial charge in [-0.1, -0.05) is 5.16 Å². The Morgan fingerprint density at radius 3 is 2.71 bits per heavy atom. The summed E-state index contributed by atoms with van der Waals surface area (Å²) in [6.45, 7) is 5.03. The summed E-state index contributed by atoms with van der Waals surface area (Å²) in [6.07, 6.45) is 0.118. The molecule has 2 rings (SSSR count). The molecule has 5 nitrogen and oxygen atoms in total. The lowest BCUT2D eigenvalue weighted by Crippen LogP contribution is -2.44. The summed E-state index contributed by atoms with van der Waals surface area (Å²) < 4.78 is 31.1. The van der Waals surface area contributed by atoms with Crippen molar-refractivity contribution in [1.29, 1.82) is 0 Å². The Bertz CT molecular complexity index is 488. The fourth-order valence-corrected chi connectivity index (χ4v) is 2.39. The molecule has 2 heterocycles. The number of carbonyl (C=O) groups is 1. The number of amides is 1. The van der Waals surface area contributed by atoms with Gasteiger partial charge in [0.2, 0.25) is 5.91 Å². The minimum absolute atomic E-state index is 0. The lowest BCUT2D eigenvalue weighted by atomic mass is 10.1. The predicted molar refractivity (Wildman–Crippen MR) is 75.9 cm³/mol. The number of halogens is 3. The molecule has 2 unspecified atom stereocenters. The summed E-state index contributed by atoms with van der Waals surface area (Å²) in [5, 5.41) is 9.13. The molecule has 0 spiro atoms. The molecule has 0 bridgehead atoms. The average Bonchev–Trinajstić information content (AvgIpc) is 2.86. The maximum atomic E-state index is 13.0. The van der Waals surface area contributed by atoms with E-state index >= 15 is 0 Å². The van der Waals surface area contributed by atoms with Gasteiger partial charge in [-0.25, -0.2) is 8.78 Å². The average molecular weight is 324 g/mol. The molecule has 0 radical (unpaired) electrons. The Kier molecular flexibility index (Phi) is 5.69. The quantitative estimate of drug-likeness (QED) is 0.886. The van der Waals surface area contributed by atoms with Gasteiger partial charge in [0.1, 0.15) is 5.76 Å². The number of aromatic nitrogens is 1. The first-order chi connectivity index (χ1) is 9.28.